The molecule has 0 amide bonds. The van der Waals surface area contributed by atoms with Gasteiger partial charge in [0.2, 0.25) is 21.1 Å². The molecule has 0 spiro atoms. The Labute approximate surface area is 164 Å². The first-order valence-electron chi connectivity index (χ1n) is 6.08. The van der Waals surface area contributed by atoms with E-state index in [4.69, 9.17) is 46.4 Å². The van der Waals surface area contributed by atoms with Crippen molar-refractivity contribution < 1.29 is 0 Å². The predicted octanol–water partition coefficient (Wildman–Crippen LogP) is 4.97. The van der Waals surface area contributed by atoms with E-state index >= 15 is 0 Å². The Hall–Kier alpha value is -0.900. The second-order valence-electron chi connectivity index (χ2n) is 3.96. The summed E-state index contributed by atoms with van der Waals surface area (Å²) < 4.78 is 0. The van der Waals surface area contributed by atoms with Crippen molar-refractivity contribution in [2.45, 2.75) is 20.1 Å². The quantitative estimate of drug-likeness (QED) is 0.565. The van der Waals surface area contributed by atoms with Gasteiger partial charge in [0.25, 0.3) is 0 Å². The number of nitrogens with zero attached hydrogens (tertiary/aromatic N) is 6. The largest absolute Gasteiger partial charge is 0.227 e. The van der Waals surface area contributed by atoms with E-state index in [-0.39, 0.29) is 21.1 Å². The molecule has 0 saturated carbocycles. The van der Waals surface area contributed by atoms with Crippen LogP contribution in [0.3, 0.4) is 0 Å². The summed E-state index contributed by atoms with van der Waals surface area (Å²) in [4.78, 5) is 25.3. The summed E-state index contributed by atoms with van der Waals surface area (Å²) in [6.45, 7) is 0. The lowest BCUT2D eigenvalue weighted by Gasteiger charge is -2.07. The molecule has 0 radical (unpaired) electrons. The van der Waals surface area contributed by atoms with Gasteiger partial charge in [0, 0.05) is 9.79 Å². The second-order valence-corrected chi connectivity index (χ2v) is 7.33. The first-order valence-corrected chi connectivity index (χ1v) is 9.23. The minimum absolute atomic E-state index is 0.0265. The van der Waals surface area contributed by atoms with Gasteiger partial charge in [0.05, 0.1) is 0 Å². The first-order chi connectivity index (χ1) is 11.5. The minimum Gasteiger partial charge on any atom is -0.191 e. The van der Waals surface area contributed by atoms with Crippen LogP contribution in [0.1, 0.15) is 0 Å². The van der Waals surface area contributed by atoms with Crippen LogP contribution in [0.25, 0.3) is 0 Å². The van der Waals surface area contributed by atoms with E-state index in [0.717, 1.165) is 9.79 Å². The third-order valence-corrected chi connectivity index (χ3v) is 5.06. The van der Waals surface area contributed by atoms with Gasteiger partial charge in [-0.05, 0) is 82.1 Å². The maximum absolute atomic E-state index is 5.80. The second kappa shape index (κ2) is 7.99. The van der Waals surface area contributed by atoms with Crippen LogP contribution in [0.4, 0.5) is 0 Å². The number of halogens is 4. The fraction of sp³-hybridized carbons (Fsp3) is 0. The van der Waals surface area contributed by atoms with Gasteiger partial charge in [-0.2, -0.15) is 29.9 Å². The average molecular weight is 438 g/mol. The van der Waals surface area contributed by atoms with Crippen molar-refractivity contribution in [1.29, 1.82) is 0 Å². The van der Waals surface area contributed by atoms with Crippen LogP contribution in [-0.2, 0) is 0 Å². The zero-order valence-electron chi connectivity index (χ0n) is 11.3. The molecule has 12 heteroatoms. The van der Waals surface area contributed by atoms with Gasteiger partial charge < -0.3 is 0 Å². The Morgan fingerprint density at radius 3 is 1.21 bits per heavy atom. The molecule has 0 aliphatic carbocycles. The summed E-state index contributed by atoms with van der Waals surface area (Å²) in [5, 5.41) is 0.856. The van der Waals surface area contributed by atoms with E-state index in [1.807, 2.05) is 24.3 Å². The normalized spacial score (nSPS) is 10.8. The molecule has 0 unspecified atom stereocenters. The number of benzene rings is 1. The summed E-state index contributed by atoms with van der Waals surface area (Å²) in [6.07, 6.45) is 0. The van der Waals surface area contributed by atoms with Crippen LogP contribution in [0.15, 0.2) is 44.4 Å². The molecule has 2 aromatic heterocycles. The van der Waals surface area contributed by atoms with Crippen molar-refractivity contribution in [2.75, 3.05) is 0 Å². The lowest BCUT2D eigenvalue weighted by molar-refractivity contribution is 0.898. The van der Waals surface area contributed by atoms with E-state index in [0.29, 0.717) is 10.3 Å². The molecule has 0 atom stereocenters. The molecule has 0 aliphatic rings. The van der Waals surface area contributed by atoms with Gasteiger partial charge in [0.1, 0.15) is 0 Å². The molecule has 1 aromatic carbocycles. The molecule has 6 nitrogen and oxygen atoms in total. The van der Waals surface area contributed by atoms with Crippen LogP contribution < -0.4 is 0 Å². The average Bonchev–Trinajstić information content (AvgIpc) is 2.47. The molecular formula is C12H4Cl4N6S2. The fourth-order valence-corrected chi connectivity index (χ4v) is 4.25. The van der Waals surface area contributed by atoms with Crippen molar-refractivity contribution in [3.05, 3.63) is 45.4 Å². The molecule has 0 N–H and O–H groups in total. The monoisotopic (exact) mass is 436 g/mol. The van der Waals surface area contributed by atoms with Gasteiger partial charge >= 0.3 is 0 Å². The number of aromatic nitrogens is 6. The highest BCUT2D eigenvalue weighted by molar-refractivity contribution is 8.02. The van der Waals surface area contributed by atoms with Gasteiger partial charge in [-0.15, -0.1) is 0 Å². The van der Waals surface area contributed by atoms with Gasteiger partial charge in [0.15, 0.2) is 10.3 Å². The SMILES string of the molecule is Clc1nc(Cl)nc(Sc2ccccc2Sc2nc(Cl)nc(Cl)n2)n1. The van der Waals surface area contributed by atoms with Crippen LogP contribution >= 0.6 is 69.9 Å². The standard InChI is InChI=1S/C12H4Cl4N6S2/c13-7-17-8(14)20-11(19-7)23-5-3-1-2-4-6(5)24-12-21-9(15)18-10(16)22-12/h1-4H. The zero-order chi connectivity index (χ0) is 17.1. The molecule has 3 rings (SSSR count). The Morgan fingerprint density at radius 1 is 0.542 bits per heavy atom. The van der Waals surface area contributed by atoms with Gasteiger partial charge in [-0.1, -0.05) is 12.1 Å². The van der Waals surface area contributed by atoms with Crippen molar-refractivity contribution in [2.24, 2.45) is 0 Å². The zero-order valence-corrected chi connectivity index (χ0v) is 16.0. The molecule has 2 heterocycles. The van der Waals surface area contributed by atoms with Crippen LogP contribution in [-0.4, -0.2) is 29.9 Å². The van der Waals surface area contributed by atoms with Crippen LogP contribution in [0.2, 0.25) is 21.1 Å². The molecule has 3 aromatic rings. The topological polar surface area (TPSA) is 77.3 Å². The highest BCUT2D eigenvalue weighted by Gasteiger charge is 2.12. The third-order valence-electron chi connectivity index (χ3n) is 2.37. The summed E-state index contributed by atoms with van der Waals surface area (Å²) in [7, 11) is 0. The lowest BCUT2D eigenvalue weighted by atomic mass is 10.4. The molecule has 122 valence electrons. The molecule has 0 saturated heterocycles. The summed E-state index contributed by atoms with van der Waals surface area (Å²) in [5.41, 5.74) is 0. The molecule has 0 aliphatic heterocycles. The molecular weight excluding hydrogens is 434 g/mol. The number of rotatable bonds is 4. The summed E-state index contributed by atoms with van der Waals surface area (Å²) in [5.74, 6) is 0. The van der Waals surface area contributed by atoms with Crippen LogP contribution in [0, 0.1) is 0 Å². The smallest absolute Gasteiger partial charge is 0.191 e. The number of hydrogen-bond donors (Lipinski definition) is 0. The maximum Gasteiger partial charge on any atom is 0.227 e. The van der Waals surface area contributed by atoms with E-state index in [2.05, 4.69) is 29.9 Å². The van der Waals surface area contributed by atoms with Crippen LogP contribution in [0.5, 0.6) is 0 Å². The summed E-state index contributed by atoms with van der Waals surface area (Å²) >= 11 is 25.8. The van der Waals surface area contributed by atoms with E-state index < -0.39 is 0 Å². The van der Waals surface area contributed by atoms with Crippen molar-refractivity contribution in [3.8, 4) is 0 Å². The predicted molar refractivity (Wildman–Crippen MR) is 94.4 cm³/mol. The molecule has 0 bridgehead atoms. The third kappa shape index (κ3) is 4.81. The Bertz CT molecular complexity index is 784. The van der Waals surface area contributed by atoms with Gasteiger partial charge in [-0.3, -0.25) is 0 Å². The minimum atomic E-state index is 0.0265. The van der Waals surface area contributed by atoms with E-state index in [1.165, 1.54) is 23.5 Å². The van der Waals surface area contributed by atoms with Crippen molar-refractivity contribution >= 4 is 69.9 Å². The Kier molecular flexibility index (Phi) is 5.96. The van der Waals surface area contributed by atoms with Crippen molar-refractivity contribution in [1.82, 2.24) is 29.9 Å². The Balaban J connectivity index is 1.90. The first kappa shape index (κ1) is 17.9. The molecule has 24 heavy (non-hydrogen) atoms. The van der Waals surface area contributed by atoms with E-state index in [1.54, 1.807) is 0 Å². The fourth-order valence-electron chi connectivity index (χ4n) is 1.52. The van der Waals surface area contributed by atoms with Crippen molar-refractivity contribution in [3.63, 3.8) is 0 Å². The van der Waals surface area contributed by atoms with Gasteiger partial charge in [-0.25, -0.2) is 0 Å². The van der Waals surface area contributed by atoms with E-state index in [9.17, 15) is 0 Å². The number of hydrogen-bond acceptors (Lipinski definition) is 8. The maximum atomic E-state index is 5.80. The lowest BCUT2D eigenvalue weighted by Crippen LogP contribution is -1.93. The summed E-state index contributed by atoms with van der Waals surface area (Å²) in [6, 6.07) is 7.54. The Morgan fingerprint density at radius 2 is 0.875 bits per heavy atom. The highest BCUT2D eigenvalue weighted by Crippen LogP contribution is 2.37. The highest BCUT2D eigenvalue weighted by atomic mass is 35.5. The molecule has 0 fully saturated rings.